The molecule has 2 aliphatic rings. The Bertz CT molecular complexity index is 231. The van der Waals surface area contributed by atoms with Gasteiger partial charge < -0.3 is 10.0 Å². The molecule has 0 radical (unpaired) electrons. The highest BCUT2D eigenvalue weighted by molar-refractivity contribution is 8.12. The van der Waals surface area contributed by atoms with Crippen LogP contribution in [0, 0.1) is 5.92 Å². The molecule has 5 heteroatoms. The van der Waals surface area contributed by atoms with Crippen LogP contribution in [0.2, 0.25) is 0 Å². The zero-order valence-corrected chi connectivity index (χ0v) is 7.33. The molecule has 2 heterocycles. The quantitative estimate of drug-likeness (QED) is 0.607. The Morgan fingerprint density at radius 1 is 1.67 bits per heavy atom. The van der Waals surface area contributed by atoms with Crippen LogP contribution >= 0.6 is 11.8 Å². The van der Waals surface area contributed by atoms with Crippen LogP contribution in [-0.4, -0.2) is 46.5 Å². The van der Waals surface area contributed by atoms with E-state index in [-0.39, 0.29) is 6.04 Å². The van der Waals surface area contributed by atoms with Crippen molar-refractivity contribution in [1.82, 2.24) is 4.90 Å². The fourth-order valence-electron chi connectivity index (χ4n) is 1.63. The predicted octanol–water partition coefficient (Wildman–Crippen LogP) is 0.740. The first-order valence-electron chi connectivity index (χ1n) is 3.88. The fourth-order valence-corrected chi connectivity index (χ4v) is 2.53. The van der Waals surface area contributed by atoms with E-state index in [4.69, 9.17) is 5.11 Å². The summed E-state index contributed by atoms with van der Waals surface area (Å²) in [5.41, 5.74) is 1.84. The molecule has 2 rings (SSSR count). The van der Waals surface area contributed by atoms with Crippen molar-refractivity contribution in [1.29, 1.82) is 0 Å². The molecule has 1 N–H and O–H groups in total. The Kier molecular flexibility index (Phi) is 1.96. The van der Waals surface area contributed by atoms with Crippen LogP contribution in [0.5, 0.6) is 0 Å². The maximum absolute atomic E-state index is 10.6. The normalized spacial score (nSPS) is 33.5. The zero-order valence-electron chi connectivity index (χ0n) is 6.51. The highest BCUT2D eigenvalue weighted by atomic mass is 32.2. The molecule has 1 amide bonds. The molecule has 0 saturated carbocycles. The molecule has 0 aromatic carbocycles. The molecule has 2 aliphatic heterocycles. The first-order valence-corrected chi connectivity index (χ1v) is 4.93. The molecule has 2 unspecified atom stereocenters. The smallest absolute Gasteiger partial charge is 0.407 e. The summed E-state index contributed by atoms with van der Waals surface area (Å²) in [6, 6.07) is 0.224. The number of likely N-dealkylation sites (tertiary alicyclic amines) is 1. The summed E-state index contributed by atoms with van der Waals surface area (Å²) in [5.74, 6) is 1.45. The van der Waals surface area contributed by atoms with Gasteiger partial charge in [0, 0.05) is 24.8 Å². The highest BCUT2D eigenvalue weighted by Crippen LogP contribution is 2.26. The van der Waals surface area contributed by atoms with Crippen LogP contribution in [0.25, 0.3) is 0 Å². The summed E-state index contributed by atoms with van der Waals surface area (Å²) >= 11 is 1.67. The van der Waals surface area contributed by atoms with E-state index >= 15 is 0 Å². The Hall–Kier alpha value is -0.710. The second-order valence-electron chi connectivity index (χ2n) is 3.10. The molecule has 0 aromatic rings. The molecule has 1 saturated heterocycles. The van der Waals surface area contributed by atoms with Crippen molar-refractivity contribution in [2.24, 2.45) is 10.9 Å². The summed E-state index contributed by atoms with van der Waals surface area (Å²) in [4.78, 5) is 16.3. The topological polar surface area (TPSA) is 52.9 Å². The highest BCUT2D eigenvalue weighted by Gasteiger charge is 2.35. The van der Waals surface area contributed by atoms with E-state index in [1.54, 1.807) is 11.8 Å². The first kappa shape index (κ1) is 7.91. The van der Waals surface area contributed by atoms with Crippen molar-refractivity contribution >= 4 is 23.4 Å². The Labute approximate surface area is 74.7 Å². The molecule has 2 atom stereocenters. The van der Waals surface area contributed by atoms with E-state index in [2.05, 4.69) is 4.99 Å². The van der Waals surface area contributed by atoms with Crippen molar-refractivity contribution < 1.29 is 9.90 Å². The molecule has 0 aromatic heterocycles. The van der Waals surface area contributed by atoms with Crippen LogP contribution in [0.15, 0.2) is 4.99 Å². The van der Waals surface area contributed by atoms with E-state index in [0.717, 1.165) is 5.75 Å². The number of carboxylic acid groups (broad SMARTS) is 1. The third-order valence-electron chi connectivity index (χ3n) is 2.31. The van der Waals surface area contributed by atoms with Gasteiger partial charge in [0.25, 0.3) is 0 Å². The van der Waals surface area contributed by atoms with Crippen molar-refractivity contribution in [3.8, 4) is 0 Å². The Balaban J connectivity index is 2.05. The molecule has 1 fully saturated rings. The number of hydrogen-bond acceptors (Lipinski definition) is 3. The van der Waals surface area contributed by atoms with E-state index in [0.29, 0.717) is 19.0 Å². The van der Waals surface area contributed by atoms with Gasteiger partial charge in [0.1, 0.15) is 0 Å². The first-order chi connectivity index (χ1) is 5.77. The van der Waals surface area contributed by atoms with Gasteiger partial charge in [0.05, 0.1) is 11.6 Å². The standard InChI is InChI=1S/C7H10N2O2S/c10-7(11)9-1-5-3-12-4-8-6(5)2-9/h4-6H,1-3H2,(H,10,11). The van der Waals surface area contributed by atoms with E-state index in [1.165, 1.54) is 4.90 Å². The molecule has 66 valence electrons. The van der Waals surface area contributed by atoms with Gasteiger partial charge in [-0.05, 0) is 0 Å². The number of hydrogen-bond donors (Lipinski definition) is 1. The minimum Gasteiger partial charge on any atom is -0.465 e. The SMILES string of the molecule is O=C(O)N1CC2CSC=NC2C1. The lowest BCUT2D eigenvalue weighted by molar-refractivity contribution is 0.154. The second kappa shape index (κ2) is 2.97. The van der Waals surface area contributed by atoms with Crippen LogP contribution in [-0.2, 0) is 0 Å². The average Bonchev–Trinajstić information content (AvgIpc) is 2.46. The number of rotatable bonds is 0. The zero-order chi connectivity index (χ0) is 8.55. The minimum atomic E-state index is -0.815. The van der Waals surface area contributed by atoms with Gasteiger partial charge in [-0.15, -0.1) is 11.8 Å². The van der Waals surface area contributed by atoms with E-state index in [9.17, 15) is 4.79 Å². The fraction of sp³-hybridized carbons (Fsp3) is 0.714. The molecule has 4 nitrogen and oxygen atoms in total. The Morgan fingerprint density at radius 2 is 2.50 bits per heavy atom. The number of thioether (sulfide) groups is 1. The van der Waals surface area contributed by atoms with Gasteiger partial charge in [0.15, 0.2) is 0 Å². The van der Waals surface area contributed by atoms with Gasteiger partial charge in [-0.2, -0.15) is 0 Å². The molecular weight excluding hydrogens is 176 g/mol. The number of fused-ring (bicyclic) bond motifs is 1. The van der Waals surface area contributed by atoms with Crippen molar-refractivity contribution in [3.05, 3.63) is 0 Å². The predicted molar refractivity (Wildman–Crippen MR) is 47.8 cm³/mol. The van der Waals surface area contributed by atoms with Gasteiger partial charge in [-0.1, -0.05) is 0 Å². The van der Waals surface area contributed by atoms with Gasteiger partial charge in [0.2, 0.25) is 0 Å². The number of aliphatic imine (C=N–C) groups is 1. The van der Waals surface area contributed by atoms with Crippen LogP contribution < -0.4 is 0 Å². The lowest BCUT2D eigenvalue weighted by Gasteiger charge is -2.15. The monoisotopic (exact) mass is 186 g/mol. The summed E-state index contributed by atoms with van der Waals surface area (Å²) in [6.07, 6.45) is -0.815. The number of amides is 1. The molecule has 12 heavy (non-hydrogen) atoms. The second-order valence-corrected chi connectivity index (χ2v) is 3.98. The van der Waals surface area contributed by atoms with Crippen molar-refractivity contribution in [2.45, 2.75) is 6.04 Å². The van der Waals surface area contributed by atoms with Crippen molar-refractivity contribution in [2.75, 3.05) is 18.8 Å². The van der Waals surface area contributed by atoms with E-state index in [1.807, 2.05) is 5.55 Å². The summed E-state index contributed by atoms with van der Waals surface area (Å²) < 4.78 is 0. The number of nitrogens with zero attached hydrogens (tertiary/aromatic N) is 2. The van der Waals surface area contributed by atoms with Crippen LogP contribution in [0.3, 0.4) is 0 Å². The third-order valence-corrected chi connectivity index (χ3v) is 3.21. The lowest BCUT2D eigenvalue weighted by Crippen LogP contribution is -2.27. The number of carbonyl (C=O) groups is 1. The largest absolute Gasteiger partial charge is 0.465 e. The van der Waals surface area contributed by atoms with Crippen LogP contribution in [0.4, 0.5) is 4.79 Å². The summed E-state index contributed by atoms with van der Waals surface area (Å²) in [6.45, 7) is 1.24. The molecule has 0 spiro atoms. The van der Waals surface area contributed by atoms with Crippen molar-refractivity contribution in [3.63, 3.8) is 0 Å². The summed E-state index contributed by atoms with van der Waals surface area (Å²) in [5, 5.41) is 8.73. The van der Waals surface area contributed by atoms with Gasteiger partial charge in [-0.3, -0.25) is 4.99 Å². The summed E-state index contributed by atoms with van der Waals surface area (Å²) in [7, 11) is 0. The minimum absolute atomic E-state index is 0.224. The molecule has 0 aliphatic carbocycles. The maximum atomic E-state index is 10.6. The third kappa shape index (κ3) is 1.29. The van der Waals surface area contributed by atoms with Crippen LogP contribution in [0.1, 0.15) is 0 Å². The van der Waals surface area contributed by atoms with E-state index < -0.39 is 6.09 Å². The Morgan fingerprint density at radius 3 is 3.17 bits per heavy atom. The van der Waals surface area contributed by atoms with Gasteiger partial charge >= 0.3 is 6.09 Å². The molecule has 0 bridgehead atoms. The average molecular weight is 186 g/mol. The van der Waals surface area contributed by atoms with Gasteiger partial charge in [-0.25, -0.2) is 4.79 Å². The maximum Gasteiger partial charge on any atom is 0.407 e. The molecular formula is C7H10N2O2S. The lowest BCUT2D eigenvalue weighted by atomic mass is 10.1.